The quantitative estimate of drug-likeness (QED) is 0.789. The molecular weight excluding hydrogens is 220 g/mol. The molecule has 0 saturated carbocycles. The number of thiazole rings is 1. The van der Waals surface area contributed by atoms with Gasteiger partial charge < -0.3 is 10.4 Å². The topological polar surface area (TPSA) is 45.2 Å². The van der Waals surface area contributed by atoms with Crippen LogP contribution in [-0.2, 0) is 0 Å². The average molecular weight is 238 g/mol. The highest BCUT2D eigenvalue weighted by Crippen LogP contribution is 2.24. The van der Waals surface area contributed by atoms with Crippen LogP contribution in [0.4, 0.5) is 0 Å². The second-order valence-corrected chi connectivity index (χ2v) is 5.25. The van der Waals surface area contributed by atoms with E-state index in [9.17, 15) is 0 Å². The highest BCUT2D eigenvalue weighted by molar-refractivity contribution is 7.09. The van der Waals surface area contributed by atoms with Crippen LogP contribution in [0, 0.1) is 12.8 Å². The van der Waals surface area contributed by atoms with Gasteiger partial charge in [0.25, 0.3) is 0 Å². The van der Waals surface area contributed by atoms with E-state index < -0.39 is 0 Å². The van der Waals surface area contributed by atoms with Gasteiger partial charge in [-0.05, 0) is 20.3 Å². The second kappa shape index (κ2) is 5.08. The third-order valence-electron chi connectivity index (χ3n) is 3.05. The molecule has 0 saturated heterocycles. The Morgan fingerprint density at radius 1 is 1.62 bits per heavy atom. The van der Waals surface area contributed by atoms with Crippen LogP contribution in [0.25, 0.3) is 0 Å². The molecule has 0 bridgehead atoms. The number of hydrogen-bond acceptors (Lipinski definition) is 4. The number of aromatic nitrogens is 1. The molecule has 1 aliphatic rings. The average Bonchev–Trinajstić information content (AvgIpc) is 2.86. The standard InChI is InChI=1S/C12H18N2OS/c1-8-12(16-7-13-8)9(2)14-11-4-3-10(5-11)6-15/h3-4,7,9-11,14-15H,5-6H2,1-2H3/t9?,10-,11+/m0/s1. The van der Waals surface area contributed by atoms with E-state index in [2.05, 4.69) is 29.4 Å². The first-order valence-corrected chi connectivity index (χ1v) is 6.54. The molecule has 4 heteroatoms. The van der Waals surface area contributed by atoms with Gasteiger partial charge in [-0.15, -0.1) is 11.3 Å². The zero-order valence-electron chi connectivity index (χ0n) is 9.68. The second-order valence-electron chi connectivity index (χ2n) is 4.36. The molecule has 0 amide bonds. The highest BCUT2D eigenvalue weighted by Gasteiger charge is 2.21. The molecule has 0 fully saturated rings. The van der Waals surface area contributed by atoms with Crippen LogP contribution in [0.15, 0.2) is 17.7 Å². The Labute approximate surface area is 100 Å². The van der Waals surface area contributed by atoms with Crippen LogP contribution >= 0.6 is 11.3 Å². The van der Waals surface area contributed by atoms with Gasteiger partial charge in [0.15, 0.2) is 0 Å². The molecular formula is C12H18N2OS. The van der Waals surface area contributed by atoms with E-state index in [4.69, 9.17) is 5.11 Å². The zero-order chi connectivity index (χ0) is 11.5. The minimum atomic E-state index is 0.253. The van der Waals surface area contributed by atoms with E-state index in [1.807, 2.05) is 12.4 Å². The first kappa shape index (κ1) is 11.8. The fraction of sp³-hybridized carbons (Fsp3) is 0.583. The molecule has 3 atom stereocenters. The Balaban J connectivity index is 1.92. The van der Waals surface area contributed by atoms with Crippen molar-refractivity contribution in [3.05, 3.63) is 28.2 Å². The van der Waals surface area contributed by atoms with Gasteiger partial charge >= 0.3 is 0 Å². The summed E-state index contributed by atoms with van der Waals surface area (Å²) in [6.45, 7) is 4.47. The Hall–Kier alpha value is -0.710. The number of rotatable bonds is 4. The van der Waals surface area contributed by atoms with Crippen LogP contribution in [0.1, 0.15) is 30.0 Å². The van der Waals surface area contributed by atoms with Crippen LogP contribution < -0.4 is 5.32 Å². The summed E-state index contributed by atoms with van der Waals surface area (Å²) in [7, 11) is 0. The van der Waals surface area contributed by atoms with Crippen molar-refractivity contribution in [2.45, 2.75) is 32.4 Å². The third kappa shape index (κ3) is 2.51. The summed E-state index contributed by atoms with van der Waals surface area (Å²) >= 11 is 1.70. The van der Waals surface area contributed by atoms with Gasteiger partial charge in [0.2, 0.25) is 0 Å². The third-order valence-corrected chi connectivity index (χ3v) is 4.16. The van der Waals surface area contributed by atoms with Crippen LogP contribution in [0.3, 0.4) is 0 Å². The van der Waals surface area contributed by atoms with E-state index in [0.29, 0.717) is 18.0 Å². The molecule has 1 aromatic heterocycles. The molecule has 1 unspecified atom stereocenters. The molecule has 16 heavy (non-hydrogen) atoms. The Morgan fingerprint density at radius 2 is 2.44 bits per heavy atom. The molecule has 2 rings (SSSR count). The Kier molecular flexibility index (Phi) is 3.74. The van der Waals surface area contributed by atoms with Crippen LogP contribution in [0.2, 0.25) is 0 Å². The summed E-state index contributed by atoms with van der Waals surface area (Å²) in [5.74, 6) is 0.326. The summed E-state index contributed by atoms with van der Waals surface area (Å²) in [5.41, 5.74) is 3.01. The van der Waals surface area contributed by atoms with Crippen molar-refractivity contribution < 1.29 is 5.11 Å². The fourth-order valence-electron chi connectivity index (χ4n) is 2.16. The van der Waals surface area contributed by atoms with Crippen LogP contribution in [-0.4, -0.2) is 22.7 Å². The maximum atomic E-state index is 9.06. The summed E-state index contributed by atoms with van der Waals surface area (Å²) in [6.07, 6.45) is 5.26. The predicted octanol–water partition coefficient (Wildman–Crippen LogP) is 2.04. The van der Waals surface area contributed by atoms with E-state index in [1.165, 1.54) is 4.88 Å². The lowest BCUT2D eigenvalue weighted by Crippen LogP contribution is -2.29. The predicted molar refractivity (Wildman–Crippen MR) is 66.5 cm³/mol. The van der Waals surface area contributed by atoms with Crippen molar-refractivity contribution in [1.29, 1.82) is 0 Å². The molecule has 0 spiro atoms. The molecule has 2 N–H and O–H groups in total. The van der Waals surface area contributed by atoms with Crippen molar-refractivity contribution in [3.8, 4) is 0 Å². The molecule has 0 aliphatic heterocycles. The molecule has 1 aromatic rings. The largest absolute Gasteiger partial charge is 0.396 e. The van der Waals surface area contributed by atoms with Crippen molar-refractivity contribution in [3.63, 3.8) is 0 Å². The summed E-state index contributed by atoms with van der Waals surface area (Å²) < 4.78 is 0. The monoisotopic (exact) mass is 238 g/mol. The Morgan fingerprint density at radius 3 is 3.00 bits per heavy atom. The highest BCUT2D eigenvalue weighted by atomic mass is 32.1. The van der Waals surface area contributed by atoms with Gasteiger partial charge in [0, 0.05) is 29.5 Å². The van der Waals surface area contributed by atoms with Gasteiger partial charge in [0.1, 0.15) is 0 Å². The van der Waals surface area contributed by atoms with Crippen molar-refractivity contribution >= 4 is 11.3 Å². The first-order chi connectivity index (χ1) is 7.70. The fourth-order valence-corrected chi connectivity index (χ4v) is 2.98. The van der Waals surface area contributed by atoms with E-state index >= 15 is 0 Å². The van der Waals surface area contributed by atoms with Gasteiger partial charge in [-0.25, -0.2) is 4.98 Å². The summed E-state index contributed by atoms with van der Waals surface area (Å²) in [4.78, 5) is 5.57. The number of nitrogens with zero attached hydrogens (tertiary/aromatic N) is 1. The molecule has 88 valence electrons. The SMILES string of the molecule is Cc1ncsc1C(C)N[C@@H]1C=C[C@H](CO)C1. The first-order valence-electron chi connectivity index (χ1n) is 5.66. The van der Waals surface area contributed by atoms with Gasteiger partial charge in [-0.2, -0.15) is 0 Å². The van der Waals surface area contributed by atoms with Crippen LogP contribution in [0.5, 0.6) is 0 Å². The van der Waals surface area contributed by atoms with E-state index in [0.717, 1.165) is 12.1 Å². The summed E-state index contributed by atoms with van der Waals surface area (Å²) in [5, 5.41) is 12.6. The smallest absolute Gasteiger partial charge is 0.0798 e. The number of hydrogen-bond donors (Lipinski definition) is 2. The maximum Gasteiger partial charge on any atom is 0.0798 e. The molecule has 3 nitrogen and oxygen atoms in total. The van der Waals surface area contributed by atoms with Gasteiger partial charge in [-0.1, -0.05) is 12.2 Å². The van der Waals surface area contributed by atoms with E-state index in [1.54, 1.807) is 11.3 Å². The number of nitrogens with one attached hydrogen (secondary N) is 1. The minimum Gasteiger partial charge on any atom is -0.396 e. The lowest BCUT2D eigenvalue weighted by Gasteiger charge is -2.18. The number of aryl methyl sites for hydroxylation is 1. The lowest BCUT2D eigenvalue weighted by atomic mass is 10.1. The van der Waals surface area contributed by atoms with Gasteiger partial charge in [-0.3, -0.25) is 0 Å². The van der Waals surface area contributed by atoms with Crippen molar-refractivity contribution in [2.24, 2.45) is 5.92 Å². The number of aliphatic hydroxyl groups is 1. The Bertz CT molecular complexity index is 375. The molecule has 0 radical (unpaired) electrons. The van der Waals surface area contributed by atoms with Crippen molar-refractivity contribution in [1.82, 2.24) is 10.3 Å². The molecule has 0 aromatic carbocycles. The molecule has 1 heterocycles. The van der Waals surface area contributed by atoms with Gasteiger partial charge in [0.05, 0.1) is 11.2 Å². The number of aliphatic hydroxyl groups excluding tert-OH is 1. The zero-order valence-corrected chi connectivity index (χ0v) is 10.5. The lowest BCUT2D eigenvalue weighted by molar-refractivity contribution is 0.245. The van der Waals surface area contributed by atoms with Crippen molar-refractivity contribution in [2.75, 3.05) is 6.61 Å². The maximum absolute atomic E-state index is 9.06. The molecule has 1 aliphatic carbocycles. The normalized spacial score (nSPS) is 26.2. The van der Waals surface area contributed by atoms with E-state index in [-0.39, 0.29) is 6.61 Å². The minimum absolute atomic E-state index is 0.253. The summed E-state index contributed by atoms with van der Waals surface area (Å²) in [6, 6.07) is 0.716.